The Bertz CT molecular complexity index is 320. The van der Waals surface area contributed by atoms with Crippen LogP contribution in [0.5, 0.6) is 0 Å². The summed E-state index contributed by atoms with van der Waals surface area (Å²) in [7, 11) is 0. The van der Waals surface area contributed by atoms with Crippen LogP contribution >= 0.6 is 0 Å². The summed E-state index contributed by atoms with van der Waals surface area (Å²) in [6.07, 6.45) is 3.71. The van der Waals surface area contributed by atoms with Crippen molar-refractivity contribution in [2.45, 2.75) is 32.9 Å². The summed E-state index contributed by atoms with van der Waals surface area (Å²) in [6.45, 7) is 5.76. The van der Waals surface area contributed by atoms with Gasteiger partial charge in [-0.3, -0.25) is 4.79 Å². The Morgan fingerprint density at radius 2 is 1.88 bits per heavy atom. The molecular formula is C12H20N2O2. The first kappa shape index (κ1) is 12.8. The third-order valence-electron chi connectivity index (χ3n) is 2.78. The maximum Gasteiger partial charge on any atom is 0.243 e. The van der Waals surface area contributed by atoms with Crippen molar-refractivity contribution in [3.05, 3.63) is 24.5 Å². The molecule has 2 atom stereocenters. The second kappa shape index (κ2) is 5.70. The van der Waals surface area contributed by atoms with Crippen molar-refractivity contribution < 1.29 is 9.90 Å². The van der Waals surface area contributed by atoms with Crippen molar-refractivity contribution in [2.75, 3.05) is 6.61 Å². The summed E-state index contributed by atoms with van der Waals surface area (Å²) in [5, 5.41) is 12.0. The van der Waals surface area contributed by atoms with E-state index in [2.05, 4.69) is 5.32 Å². The van der Waals surface area contributed by atoms with E-state index in [0.29, 0.717) is 0 Å². The number of carbonyl (C=O) groups is 1. The monoisotopic (exact) mass is 224 g/mol. The number of hydrogen-bond acceptors (Lipinski definition) is 2. The third-order valence-corrected chi connectivity index (χ3v) is 2.78. The lowest BCUT2D eigenvalue weighted by atomic mass is 10.1. The summed E-state index contributed by atoms with van der Waals surface area (Å²) >= 11 is 0. The Morgan fingerprint density at radius 1 is 1.31 bits per heavy atom. The van der Waals surface area contributed by atoms with Gasteiger partial charge in [-0.1, -0.05) is 13.8 Å². The molecule has 0 aliphatic rings. The smallest absolute Gasteiger partial charge is 0.243 e. The predicted octanol–water partition coefficient (Wildman–Crippen LogP) is 1.18. The molecule has 1 aromatic rings. The number of aliphatic hydroxyl groups excluding tert-OH is 1. The van der Waals surface area contributed by atoms with Gasteiger partial charge in [-0.25, -0.2) is 0 Å². The lowest BCUT2D eigenvalue weighted by Gasteiger charge is -2.22. The van der Waals surface area contributed by atoms with Gasteiger partial charge in [0, 0.05) is 12.4 Å². The molecule has 0 saturated carbocycles. The van der Waals surface area contributed by atoms with Gasteiger partial charge < -0.3 is 15.0 Å². The van der Waals surface area contributed by atoms with Crippen molar-refractivity contribution >= 4 is 5.91 Å². The minimum Gasteiger partial charge on any atom is -0.394 e. The molecule has 1 heterocycles. The first-order chi connectivity index (χ1) is 7.56. The number of aromatic nitrogens is 1. The molecule has 1 rings (SSSR count). The predicted molar refractivity (Wildman–Crippen MR) is 63.0 cm³/mol. The van der Waals surface area contributed by atoms with Gasteiger partial charge >= 0.3 is 0 Å². The second-order valence-electron chi connectivity index (χ2n) is 4.35. The number of carbonyl (C=O) groups excluding carboxylic acids is 1. The zero-order valence-corrected chi connectivity index (χ0v) is 10.1. The molecular weight excluding hydrogens is 204 g/mol. The van der Waals surface area contributed by atoms with Crippen LogP contribution in [0.15, 0.2) is 24.5 Å². The summed E-state index contributed by atoms with van der Waals surface area (Å²) < 4.78 is 1.84. The average Bonchev–Trinajstić information content (AvgIpc) is 2.77. The van der Waals surface area contributed by atoms with Crippen LogP contribution in [0.4, 0.5) is 0 Å². The van der Waals surface area contributed by atoms with Crippen LogP contribution in [0.3, 0.4) is 0 Å². The van der Waals surface area contributed by atoms with Crippen molar-refractivity contribution in [1.82, 2.24) is 9.88 Å². The normalized spacial score (nSPS) is 14.8. The van der Waals surface area contributed by atoms with Crippen LogP contribution in [0.2, 0.25) is 0 Å². The summed E-state index contributed by atoms with van der Waals surface area (Å²) in [6, 6.07) is 3.35. The van der Waals surface area contributed by atoms with Crippen LogP contribution in [0, 0.1) is 5.92 Å². The van der Waals surface area contributed by atoms with Crippen LogP contribution in [-0.4, -0.2) is 28.2 Å². The molecule has 16 heavy (non-hydrogen) atoms. The Kier molecular flexibility index (Phi) is 4.55. The molecule has 90 valence electrons. The first-order valence-corrected chi connectivity index (χ1v) is 5.60. The van der Waals surface area contributed by atoms with E-state index in [1.807, 2.05) is 49.9 Å². The summed E-state index contributed by atoms with van der Waals surface area (Å²) in [4.78, 5) is 11.9. The molecule has 0 aliphatic heterocycles. The molecule has 0 spiro atoms. The van der Waals surface area contributed by atoms with E-state index in [9.17, 15) is 4.79 Å². The highest BCUT2D eigenvalue weighted by Gasteiger charge is 2.19. The van der Waals surface area contributed by atoms with Crippen molar-refractivity contribution in [2.24, 2.45) is 5.92 Å². The van der Waals surface area contributed by atoms with E-state index in [4.69, 9.17) is 5.11 Å². The van der Waals surface area contributed by atoms with Crippen molar-refractivity contribution in [3.8, 4) is 0 Å². The third kappa shape index (κ3) is 3.10. The number of amides is 1. The number of nitrogens with one attached hydrogen (secondary N) is 1. The molecule has 2 unspecified atom stereocenters. The lowest BCUT2D eigenvalue weighted by molar-refractivity contribution is -0.125. The highest BCUT2D eigenvalue weighted by atomic mass is 16.3. The zero-order chi connectivity index (χ0) is 12.1. The Labute approximate surface area is 96.3 Å². The second-order valence-corrected chi connectivity index (χ2v) is 4.35. The number of aliphatic hydroxyl groups is 1. The largest absolute Gasteiger partial charge is 0.394 e. The standard InChI is InChI=1S/C12H20N2O2/c1-9(2)11(8-15)13-12(16)10(3)14-6-4-5-7-14/h4-7,9-11,15H,8H2,1-3H3,(H,13,16). The van der Waals surface area contributed by atoms with Gasteiger partial charge in [0.15, 0.2) is 0 Å². The Hall–Kier alpha value is -1.29. The molecule has 1 amide bonds. The number of rotatable bonds is 5. The van der Waals surface area contributed by atoms with Gasteiger partial charge in [0.2, 0.25) is 5.91 Å². The number of nitrogens with zero attached hydrogens (tertiary/aromatic N) is 1. The van der Waals surface area contributed by atoms with Crippen LogP contribution in [0.25, 0.3) is 0 Å². The molecule has 0 fully saturated rings. The average molecular weight is 224 g/mol. The van der Waals surface area contributed by atoms with Crippen LogP contribution in [-0.2, 0) is 4.79 Å². The van der Waals surface area contributed by atoms with Crippen LogP contribution < -0.4 is 5.32 Å². The maximum absolute atomic E-state index is 11.9. The van der Waals surface area contributed by atoms with E-state index in [1.165, 1.54) is 0 Å². The van der Waals surface area contributed by atoms with Gasteiger partial charge in [-0.05, 0) is 25.0 Å². The van der Waals surface area contributed by atoms with Gasteiger partial charge in [0.05, 0.1) is 12.6 Å². The summed E-state index contributed by atoms with van der Waals surface area (Å²) in [5.74, 6) is 0.162. The molecule has 2 N–H and O–H groups in total. The van der Waals surface area contributed by atoms with Crippen molar-refractivity contribution in [1.29, 1.82) is 0 Å². The topological polar surface area (TPSA) is 54.3 Å². The first-order valence-electron chi connectivity index (χ1n) is 5.60. The van der Waals surface area contributed by atoms with E-state index in [-0.39, 0.29) is 30.5 Å². The molecule has 0 aromatic carbocycles. The molecule has 4 nitrogen and oxygen atoms in total. The zero-order valence-electron chi connectivity index (χ0n) is 10.1. The molecule has 4 heteroatoms. The van der Waals surface area contributed by atoms with E-state index in [1.54, 1.807) is 0 Å². The molecule has 1 aromatic heterocycles. The van der Waals surface area contributed by atoms with Gasteiger partial charge in [-0.15, -0.1) is 0 Å². The van der Waals surface area contributed by atoms with Crippen LogP contribution in [0.1, 0.15) is 26.8 Å². The highest BCUT2D eigenvalue weighted by Crippen LogP contribution is 2.08. The fourth-order valence-electron chi connectivity index (χ4n) is 1.47. The molecule has 0 bridgehead atoms. The molecule has 0 aliphatic carbocycles. The minimum atomic E-state index is -0.247. The number of hydrogen-bond donors (Lipinski definition) is 2. The van der Waals surface area contributed by atoms with E-state index < -0.39 is 0 Å². The molecule has 0 saturated heterocycles. The fraction of sp³-hybridized carbons (Fsp3) is 0.583. The van der Waals surface area contributed by atoms with Gasteiger partial charge in [0.25, 0.3) is 0 Å². The van der Waals surface area contributed by atoms with Crippen molar-refractivity contribution in [3.63, 3.8) is 0 Å². The van der Waals surface area contributed by atoms with E-state index >= 15 is 0 Å². The van der Waals surface area contributed by atoms with Gasteiger partial charge in [-0.2, -0.15) is 0 Å². The van der Waals surface area contributed by atoms with Gasteiger partial charge in [0.1, 0.15) is 6.04 Å². The SMILES string of the molecule is CC(C)C(CO)NC(=O)C(C)n1cccc1. The lowest BCUT2D eigenvalue weighted by Crippen LogP contribution is -2.43. The maximum atomic E-state index is 11.9. The van der Waals surface area contributed by atoms with E-state index in [0.717, 1.165) is 0 Å². The quantitative estimate of drug-likeness (QED) is 0.789. The summed E-state index contributed by atoms with van der Waals surface area (Å²) in [5.41, 5.74) is 0. The Balaban J connectivity index is 2.58. The highest BCUT2D eigenvalue weighted by molar-refractivity contribution is 5.80. The molecule has 0 radical (unpaired) electrons. The fourth-order valence-corrected chi connectivity index (χ4v) is 1.47. The Morgan fingerprint density at radius 3 is 2.31 bits per heavy atom. The minimum absolute atomic E-state index is 0.0260.